The van der Waals surface area contributed by atoms with Gasteiger partial charge in [-0.2, -0.15) is 12.6 Å². The molecule has 0 saturated carbocycles. The van der Waals surface area contributed by atoms with Gasteiger partial charge in [-0.1, -0.05) is 11.6 Å². The number of ether oxygens (including phenoxy) is 1. The lowest BCUT2D eigenvalue weighted by molar-refractivity contribution is 0.0912. The van der Waals surface area contributed by atoms with Crippen LogP contribution in [0.4, 0.5) is 0 Å². The van der Waals surface area contributed by atoms with Crippen molar-refractivity contribution in [2.24, 2.45) is 0 Å². The summed E-state index contributed by atoms with van der Waals surface area (Å²) in [6, 6.07) is 3.80. The van der Waals surface area contributed by atoms with Crippen LogP contribution in [0.5, 0.6) is 0 Å². The molecule has 0 aliphatic rings. The Labute approximate surface area is 130 Å². The molecule has 0 bridgehead atoms. The van der Waals surface area contributed by atoms with E-state index in [1.54, 1.807) is 29.8 Å². The van der Waals surface area contributed by atoms with E-state index < -0.39 is 0 Å². The molecule has 20 heavy (non-hydrogen) atoms. The summed E-state index contributed by atoms with van der Waals surface area (Å²) in [6.45, 7) is 1.08. The van der Waals surface area contributed by atoms with Crippen molar-refractivity contribution in [2.45, 2.75) is 6.73 Å². The van der Waals surface area contributed by atoms with E-state index in [0.29, 0.717) is 19.1 Å². The first-order chi connectivity index (χ1) is 9.79. The van der Waals surface area contributed by atoms with Gasteiger partial charge in [-0.3, -0.25) is 4.98 Å². The maximum absolute atomic E-state index is 6.18. The van der Waals surface area contributed by atoms with Crippen LogP contribution in [0, 0.1) is 0 Å². The van der Waals surface area contributed by atoms with Gasteiger partial charge in [0.1, 0.15) is 6.73 Å². The number of rotatable bonds is 5. The van der Waals surface area contributed by atoms with Gasteiger partial charge < -0.3 is 9.30 Å². The van der Waals surface area contributed by atoms with Crippen LogP contribution in [0.15, 0.2) is 30.7 Å². The Hall–Kier alpha value is -1.08. The molecule has 4 nitrogen and oxygen atoms in total. The van der Waals surface area contributed by atoms with E-state index in [9.17, 15) is 0 Å². The summed E-state index contributed by atoms with van der Waals surface area (Å²) < 4.78 is 8.44. The Morgan fingerprint density at radius 1 is 1.35 bits per heavy atom. The molecule has 3 heterocycles. The fourth-order valence-electron chi connectivity index (χ4n) is 1.88. The van der Waals surface area contributed by atoms with Crippen molar-refractivity contribution in [2.75, 3.05) is 12.4 Å². The zero-order valence-corrected chi connectivity index (χ0v) is 13.0. The van der Waals surface area contributed by atoms with Crippen LogP contribution in [-0.2, 0) is 11.5 Å². The van der Waals surface area contributed by atoms with Crippen LogP contribution < -0.4 is 0 Å². The topological polar surface area (TPSA) is 39.9 Å². The normalized spacial score (nSPS) is 11.3. The van der Waals surface area contributed by atoms with Crippen molar-refractivity contribution in [3.63, 3.8) is 0 Å². The number of fused-ring (bicyclic) bond motifs is 1. The maximum atomic E-state index is 6.18. The molecule has 0 spiro atoms. The molecular weight excluding hydrogens is 314 g/mol. The molecule has 0 fully saturated rings. The summed E-state index contributed by atoms with van der Waals surface area (Å²) in [5, 5.41) is 0.718. The summed E-state index contributed by atoms with van der Waals surface area (Å²) in [7, 11) is 0. The van der Waals surface area contributed by atoms with Gasteiger partial charge in [0.2, 0.25) is 0 Å². The molecule has 3 aromatic heterocycles. The molecule has 0 saturated heterocycles. The van der Waals surface area contributed by atoms with Gasteiger partial charge in [-0.25, -0.2) is 4.98 Å². The number of thiol groups is 1. The summed E-state index contributed by atoms with van der Waals surface area (Å²) >= 11 is 11.9. The monoisotopic (exact) mass is 325 g/mol. The molecule has 7 heteroatoms. The average Bonchev–Trinajstić information content (AvgIpc) is 3.05. The first-order valence-electron chi connectivity index (χ1n) is 6.04. The van der Waals surface area contributed by atoms with Crippen LogP contribution in [0.25, 0.3) is 20.9 Å². The van der Waals surface area contributed by atoms with Crippen molar-refractivity contribution in [3.05, 3.63) is 35.7 Å². The third-order valence-electron chi connectivity index (χ3n) is 2.77. The van der Waals surface area contributed by atoms with Crippen LogP contribution >= 0.6 is 35.6 Å². The number of halogens is 1. The molecule has 0 aromatic carbocycles. The van der Waals surface area contributed by atoms with Gasteiger partial charge in [0.05, 0.1) is 26.7 Å². The van der Waals surface area contributed by atoms with Crippen molar-refractivity contribution >= 4 is 45.8 Å². The molecule has 104 valence electrons. The lowest BCUT2D eigenvalue weighted by atomic mass is 10.3. The van der Waals surface area contributed by atoms with Crippen LogP contribution in [0.2, 0.25) is 5.02 Å². The molecular formula is C13H12ClN3OS2. The molecule has 0 aliphatic carbocycles. The summed E-state index contributed by atoms with van der Waals surface area (Å²) in [6.07, 6.45) is 5.37. The number of hydrogen-bond acceptors (Lipinski definition) is 5. The average molecular weight is 326 g/mol. The maximum Gasteiger partial charge on any atom is 0.151 e. The van der Waals surface area contributed by atoms with Crippen LogP contribution in [0.1, 0.15) is 0 Å². The quantitative estimate of drug-likeness (QED) is 0.574. The molecule has 0 atom stereocenters. The molecule has 0 amide bonds. The highest BCUT2D eigenvalue weighted by Gasteiger charge is 2.12. The minimum absolute atomic E-state index is 0.464. The lowest BCUT2D eigenvalue weighted by Gasteiger charge is -2.06. The summed E-state index contributed by atoms with van der Waals surface area (Å²) in [5.74, 6) is 1.56. The highest BCUT2D eigenvalue weighted by Crippen LogP contribution is 2.35. The second kappa shape index (κ2) is 6.13. The fourth-order valence-corrected chi connectivity index (χ4v) is 3.31. The SMILES string of the molecule is SCCOCn1ccnc1-c1cc2nccc(Cl)c2s1. The minimum Gasteiger partial charge on any atom is -0.360 e. The first kappa shape index (κ1) is 13.9. The van der Waals surface area contributed by atoms with Gasteiger partial charge in [-0.15, -0.1) is 11.3 Å². The predicted molar refractivity (Wildman–Crippen MR) is 85.7 cm³/mol. The smallest absolute Gasteiger partial charge is 0.151 e. The van der Waals surface area contributed by atoms with Gasteiger partial charge >= 0.3 is 0 Å². The Kier molecular flexibility index (Phi) is 4.26. The van der Waals surface area contributed by atoms with E-state index in [-0.39, 0.29) is 0 Å². The second-order valence-electron chi connectivity index (χ2n) is 4.10. The minimum atomic E-state index is 0.464. The number of aromatic nitrogens is 3. The third-order valence-corrected chi connectivity index (χ3v) is 4.53. The highest BCUT2D eigenvalue weighted by molar-refractivity contribution is 7.80. The van der Waals surface area contributed by atoms with Crippen molar-refractivity contribution in [3.8, 4) is 10.7 Å². The number of pyridine rings is 1. The Bertz CT molecular complexity index is 725. The first-order valence-corrected chi connectivity index (χ1v) is 7.86. The van der Waals surface area contributed by atoms with Gasteiger partial charge in [0.25, 0.3) is 0 Å². The number of imidazole rings is 1. The summed E-state index contributed by atoms with van der Waals surface area (Å²) in [5.41, 5.74) is 0.892. The molecule has 0 aliphatic heterocycles. The standard InChI is InChI=1S/C13H12ClN3OS2/c14-9-1-2-15-10-7-11(20-12(9)10)13-16-3-4-17(13)8-18-5-6-19/h1-4,7,19H,5-6,8H2. The molecule has 0 N–H and O–H groups in total. The largest absolute Gasteiger partial charge is 0.360 e. The van der Waals surface area contributed by atoms with Gasteiger partial charge in [0.15, 0.2) is 5.82 Å². The number of hydrogen-bond donors (Lipinski definition) is 1. The molecule has 3 aromatic rings. The second-order valence-corrected chi connectivity index (χ2v) is 6.01. The molecule has 0 unspecified atom stereocenters. The van der Waals surface area contributed by atoms with E-state index in [0.717, 1.165) is 25.9 Å². The van der Waals surface area contributed by atoms with Crippen LogP contribution in [0.3, 0.4) is 0 Å². The zero-order chi connectivity index (χ0) is 13.9. The molecule has 0 radical (unpaired) electrons. The predicted octanol–water partition coefficient (Wildman–Crippen LogP) is 3.72. The Morgan fingerprint density at radius 3 is 3.05 bits per heavy atom. The van der Waals surface area contributed by atoms with Gasteiger partial charge in [0, 0.05) is 24.3 Å². The lowest BCUT2D eigenvalue weighted by Crippen LogP contribution is -2.04. The van der Waals surface area contributed by atoms with E-state index >= 15 is 0 Å². The Balaban J connectivity index is 1.95. The van der Waals surface area contributed by atoms with E-state index in [1.807, 2.05) is 16.8 Å². The molecule has 3 rings (SSSR count). The summed E-state index contributed by atoms with van der Waals surface area (Å²) in [4.78, 5) is 9.75. The van der Waals surface area contributed by atoms with Crippen molar-refractivity contribution in [1.82, 2.24) is 14.5 Å². The number of thiophene rings is 1. The third kappa shape index (κ3) is 2.69. The van der Waals surface area contributed by atoms with Gasteiger partial charge in [-0.05, 0) is 12.1 Å². The fraction of sp³-hybridized carbons (Fsp3) is 0.231. The Morgan fingerprint density at radius 2 is 2.25 bits per heavy atom. The highest BCUT2D eigenvalue weighted by atomic mass is 35.5. The van der Waals surface area contributed by atoms with E-state index in [4.69, 9.17) is 16.3 Å². The van der Waals surface area contributed by atoms with E-state index in [1.165, 1.54) is 0 Å². The van der Waals surface area contributed by atoms with Crippen LogP contribution in [-0.4, -0.2) is 26.9 Å². The van der Waals surface area contributed by atoms with Crippen molar-refractivity contribution < 1.29 is 4.74 Å². The van der Waals surface area contributed by atoms with Crippen molar-refractivity contribution in [1.29, 1.82) is 0 Å². The zero-order valence-electron chi connectivity index (χ0n) is 10.5. The van der Waals surface area contributed by atoms with E-state index in [2.05, 4.69) is 22.6 Å². The number of nitrogens with zero attached hydrogens (tertiary/aromatic N) is 3.